The Kier molecular flexibility index (Phi) is 4.59. The number of methoxy groups -OCH3 is 1. The van der Waals surface area contributed by atoms with Crippen LogP contribution in [0.4, 0.5) is 0 Å². The van der Waals surface area contributed by atoms with Gasteiger partial charge < -0.3 is 9.84 Å². The van der Waals surface area contributed by atoms with Crippen molar-refractivity contribution in [3.05, 3.63) is 65.2 Å². The van der Waals surface area contributed by atoms with Crippen molar-refractivity contribution in [2.75, 3.05) is 7.11 Å². The number of hydrogen-bond acceptors (Lipinski definition) is 5. The first kappa shape index (κ1) is 15.8. The Morgan fingerprint density at radius 2 is 2.12 bits per heavy atom. The zero-order valence-electron chi connectivity index (χ0n) is 12.9. The molecular weight excluding hydrogens is 320 g/mol. The van der Waals surface area contributed by atoms with Crippen LogP contribution in [0.15, 0.2) is 54.6 Å². The molecule has 0 saturated heterocycles. The van der Waals surface area contributed by atoms with Gasteiger partial charge in [0.05, 0.1) is 22.9 Å². The van der Waals surface area contributed by atoms with Crippen molar-refractivity contribution >= 4 is 33.2 Å². The van der Waals surface area contributed by atoms with Gasteiger partial charge in [0.15, 0.2) is 11.5 Å². The zero-order valence-corrected chi connectivity index (χ0v) is 13.7. The van der Waals surface area contributed by atoms with Gasteiger partial charge in [-0.05, 0) is 35.9 Å². The molecule has 0 aliphatic rings. The Hall–Kier alpha value is -3.10. The van der Waals surface area contributed by atoms with Gasteiger partial charge in [-0.15, -0.1) is 11.3 Å². The van der Waals surface area contributed by atoms with E-state index in [4.69, 9.17) is 4.74 Å². The topological polar surface area (TPSA) is 66.1 Å². The number of nitriles is 1. The fraction of sp³-hybridized carbons (Fsp3) is 0.0526. The number of aromatic nitrogens is 1. The third-order valence-electron chi connectivity index (χ3n) is 3.40. The van der Waals surface area contributed by atoms with E-state index in [0.717, 1.165) is 15.8 Å². The van der Waals surface area contributed by atoms with E-state index in [0.29, 0.717) is 16.3 Å². The van der Waals surface area contributed by atoms with Crippen LogP contribution in [-0.2, 0) is 0 Å². The van der Waals surface area contributed by atoms with Gasteiger partial charge >= 0.3 is 0 Å². The molecule has 118 valence electrons. The molecule has 0 fully saturated rings. The van der Waals surface area contributed by atoms with Crippen LogP contribution >= 0.6 is 11.3 Å². The van der Waals surface area contributed by atoms with Crippen molar-refractivity contribution in [1.29, 1.82) is 5.26 Å². The van der Waals surface area contributed by atoms with E-state index in [-0.39, 0.29) is 5.75 Å². The molecule has 3 rings (SSSR count). The maximum Gasteiger partial charge on any atom is 0.161 e. The molecule has 5 heteroatoms. The smallest absolute Gasteiger partial charge is 0.161 e. The van der Waals surface area contributed by atoms with Crippen molar-refractivity contribution in [2.24, 2.45) is 0 Å². The number of benzene rings is 2. The Bertz CT molecular complexity index is 947. The predicted octanol–water partition coefficient (Wildman–Crippen LogP) is 4.63. The van der Waals surface area contributed by atoms with E-state index < -0.39 is 0 Å². The van der Waals surface area contributed by atoms with Crippen LogP contribution in [0.5, 0.6) is 11.5 Å². The summed E-state index contributed by atoms with van der Waals surface area (Å²) in [7, 11) is 1.50. The van der Waals surface area contributed by atoms with Crippen LogP contribution in [0.25, 0.3) is 21.9 Å². The molecular formula is C19H14N2O2S. The maximum absolute atomic E-state index is 9.59. The number of fused-ring (bicyclic) bond motifs is 1. The number of nitrogens with zero attached hydrogens (tertiary/aromatic N) is 2. The number of rotatable bonds is 4. The lowest BCUT2D eigenvalue weighted by Crippen LogP contribution is -1.84. The minimum Gasteiger partial charge on any atom is -0.504 e. The Labute approximate surface area is 143 Å². The second-order valence-corrected chi connectivity index (χ2v) is 6.00. The monoisotopic (exact) mass is 334 g/mol. The lowest BCUT2D eigenvalue weighted by molar-refractivity contribution is 0.373. The number of phenolic OH excluding ortho intramolecular Hbond substituents is 1. The van der Waals surface area contributed by atoms with Gasteiger partial charge in [-0.3, -0.25) is 0 Å². The molecule has 0 spiro atoms. The SMILES string of the molecule is COc1cc(C=CC=C(C#N)c2nc3ccccc3s2)ccc1O. The zero-order chi connectivity index (χ0) is 16.9. The molecule has 0 unspecified atom stereocenters. The van der Waals surface area contributed by atoms with Gasteiger partial charge in [-0.25, -0.2) is 4.98 Å². The van der Waals surface area contributed by atoms with Crippen LogP contribution in [0, 0.1) is 11.3 Å². The van der Waals surface area contributed by atoms with Crippen molar-refractivity contribution in [1.82, 2.24) is 4.98 Å². The molecule has 3 aromatic rings. The molecule has 0 amide bonds. The molecule has 0 atom stereocenters. The highest BCUT2D eigenvalue weighted by Crippen LogP contribution is 2.28. The number of allylic oxidation sites excluding steroid dienone is 3. The minimum atomic E-state index is 0.0948. The summed E-state index contributed by atoms with van der Waals surface area (Å²) in [4.78, 5) is 4.49. The first-order valence-corrected chi connectivity index (χ1v) is 8.04. The molecule has 2 aromatic carbocycles. The van der Waals surface area contributed by atoms with E-state index >= 15 is 0 Å². The van der Waals surface area contributed by atoms with Gasteiger partial charge in [0.1, 0.15) is 11.1 Å². The summed E-state index contributed by atoms with van der Waals surface area (Å²) in [5.41, 5.74) is 2.27. The minimum absolute atomic E-state index is 0.0948. The van der Waals surface area contributed by atoms with Crippen LogP contribution in [-0.4, -0.2) is 17.2 Å². The third-order valence-corrected chi connectivity index (χ3v) is 4.47. The highest BCUT2D eigenvalue weighted by Gasteiger charge is 2.07. The summed E-state index contributed by atoms with van der Waals surface area (Å²) in [6, 6.07) is 15.1. The van der Waals surface area contributed by atoms with Gasteiger partial charge in [0.2, 0.25) is 0 Å². The number of phenols is 1. The molecule has 1 N–H and O–H groups in total. The first-order valence-electron chi connectivity index (χ1n) is 7.22. The standard InChI is InChI=1S/C19H14N2O2S/c1-23-17-11-13(9-10-16(17)22)5-4-6-14(12-20)19-21-15-7-2-3-8-18(15)24-19/h2-11,22H,1H3. The lowest BCUT2D eigenvalue weighted by atomic mass is 10.1. The van der Waals surface area contributed by atoms with Crippen molar-refractivity contribution in [3.8, 4) is 17.6 Å². The number of hydrogen-bond donors (Lipinski definition) is 1. The maximum atomic E-state index is 9.59. The Morgan fingerprint density at radius 1 is 1.29 bits per heavy atom. The molecule has 0 saturated carbocycles. The summed E-state index contributed by atoms with van der Waals surface area (Å²) in [5, 5.41) is 19.7. The number of thiazole rings is 1. The van der Waals surface area contributed by atoms with Crippen LogP contribution < -0.4 is 4.74 Å². The van der Waals surface area contributed by atoms with E-state index in [1.54, 1.807) is 30.4 Å². The van der Waals surface area contributed by atoms with Gasteiger partial charge in [0.25, 0.3) is 0 Å². The summed E-state index contributed by atoms with van der Waals surface area (Å²) in [6.45, 7) is 0. The van der Waals surface area contributed by atoms with Crippen LogP contribution in [0.3, 0.4) is 0 Å². The molecule has 0 aliphatic carbocycles. The molecule has 1 heterocycles. The average Bonchev–Trinajstić information content (AvgIpc) is 3.03. The second kappa shape index (κ2) is 6.99. The summed E-state index contributed by atoms with van der Waals surface area (Å²) in [6.07, 6.45) is 5.36. The van der Waals surface area contributed by atoms with E-state index in [1.807, 2.05) is 30.3 Å². The molecule has 1 aromatic heterocycles. The third kappa shape index (κ3) is 3.29. The van der Waals surface area contributed by atoms with Crippen LogP contribution in [0.1, 0.15) is 10.6 Å². The normalized spacial score (nSPS) is 11.8. The van der Waals surface area contributed by atoms with Gasteiger partial charge in [0, 0.05) is 0 Å². The number of ether oxygens (including phenoxy) is 1. The highest BCUT2D eigenvalue weighted by atomic mass is 32.1. The van der Waals surface area contributed by atoms with Gasteiger partial charge in [-0.2, -0.15) is 5.26 Å². The lowest BCUT2D eigenvalue weighted by Gasteiger charge is -2.03. The Balaban J connectivity index is 1.87. The number of aromatic hydroxyl groups is 1. The molecule has 0 bridgehead atoms. The highest BCUT2D eigenvalue weighted by molar-refractivity contribution is 7.19. The predicted molar refractivity (Wildman–Crippen MR) is 96.9 cm³/mol. The second-order valence-electron chi connectivity index (χ2n) is 4.97. The number of para-hydroxylation sites is 1. The summed E-state index contributed by atoms with van der Waals surface area (Å²) >= 11 is 1.50. The van der Waals surface area contributed by atoms with Gasteiger partial charge in [-0.1, -0.05) is 30.4 Å². The van der Waals surface area contributed by atoms with Crippen molar-refractivity contribution in [3.63, 3.8) is 0 Å². The van der Waals surface area contributed by atoms with Crippen LogP contribution in [0.2, 0.25) is 0 Å². The molecule has 24 heavy (non-hydrogen) atoms. The molecule has 4 nitrogen and oxygen atoms in total. The quantitative estimate of drug-likeness (QED) is 0.558. The van der Waals surface area contributed by atoms with Crippen molar-refractivity contribution < 1.29 is 9.84 Å². The molecule has 0 aliphatic heterocycles. The Morgan fingerprint density at radius 3 is 2.88 bits per heavy atom. The van der Waals surface area contributed by atoms with Crippen molar-refractivity contribution in [2.45, 2.75) is 0 Å². The average molecular weight is 334 g/mol. The molecule has 0 radical (unpaired) electrons. The van der Waals surface area contributed by atoms with E-state index in [9.17, 15) is 10.4 Å². The van der Waals surface area contributed by atoms with E-state index in [2.05, 4.69) is 11.1 Å². The summed E-state index contributed by atoms with van der Waals surface area (Å²) in [5.74, 6) is 0.505. The fourth-order valence-corrected chi connectivity index (χ4v) is 3.14. The first-order chi connectivity index (χ1) is 11.7. The van der Waals surface area contributed by atoms with E-state index in [1.165, 1.54) is 18.4 Å². The summed E-state index contributed by atoms with van der Waals surface area (Å²) < 4.78 is 6.13. The largest absolute Gasteiger partial charge is 0.504 e. The fourth-order valence-electron chi connectivity index (χ4n) is 2.20.